The summed E-state index contributed by atoms with van der Waals surface area (Å²) < 4.78 is 12.1. The Bertz CT molecular complexity index is 280. The van der Waals surface area contributed by atoms with Gasteiger partial charge in [-0.2, -0.15) is 0 Å². The van der Waals surface area contributed by atoms with Crippen molar-refractivity contribution in [2.45, 2.75) is 90.4 Å². The minimum atomic E-state index is 0.728. The highest BCUT2D eigenvalue weighted by atomic mass is 19.1. The van der Waals surface area contributed by atoms with Gasteiger partial charge in [-0.3, -0.25) is 0 Å². The highest BCUT2D eigenvalue weighted by Gasteiger charge is 2.30. The molecular formula is C20H35F. The first-order chi connectivity index (χ1) is 10.3. The Morgan fingerprint density at radius 1 is 0.810 bits per heavy atom. The van der Waals surface area contributed by atoms with Crippen LogP contribution in [0.25, 0.3) is 0 Å². The Morgan fingerprint density at radius 3 is 1.90 bits per heavy atom. The maximum Gasteiger partial charge on any atom is 0.0827 e. The second-order valence-electron chi connectivity index (χ2n) is 7.65. The molecule has 0 N–H and O–H groups in total. The van der Waals surface area contributed by atoms with Crippen molar-refractivity contribution >= 4 is 0 Å². The number of rotatable bonds is 7. The summed E-state index contributed by atoms with van der Waals surface area (Å²) in [6.07, 6.45) is 20.6. The van der Waals surface area contributed by atoms with Gasteiger partial charge in [0.05, 0.1) is 6.33 Å². The Morgan fingerprint density at radius 2 is 1.38 bits per heavy atom. The molecule has 0 nitrogen and oxygen atoms in total. The summed E-state index contributed by atoms with van der Waals surface area (Å²) in [5.74, 6) is 3.81. The van der Waals surface area contributed by atoms with Crippen molar-refractivity contribution in [1.82, 2.24) is 0 Å². The summed E-state index contributed by atoms with van der Waals surface area (Å²) in [5.41, 5.74) is 0. The van der Waals surface area contributed by atoms with Crippen molar-refractivity contribution in [3.05, 3.63) is 12.4 Å². The first kappa shape index (κ1) is 17.0. The van der Waals surface area contributed by atoms with Gasteiger partial charge in [0, 0.05) is 0 Å². The van der Waals surface area contributed by atoms with Crippen molar-refractivity contribution < 1.29 is 4.39 Å². The van der Waals surface area contributed by atoms with Crippen LogP contribution < -0.4 is 0 Å². The van der Waals surface area contributed by atoms with Crippen LogP contribution in [0.2, 0.25) is 0 Å². The highest BCUT2D eigenvalue weighted by molar-refractivity contribution is 4.85. The molecule has 2 fully saturated rings. The average Bonchev–Trinajstić information content (AvgIpc) is 2.54. The van der Waals surface area contributed by atoms with E-state index in [4.69, 9.17) is 0 Å². The van der Waals surface area contributed by atoms with Gasteiger partial charge in [0.15, 0.2) is 0 Å². The van der Waals surface area contributed by atoms with Crippen LogP contribution in [0.1, 0.15) is 90.4 Å². The molecule has 2 rings (SSSR count). The number of halogens is 1. The fraction of sp³-hybridized carbons (Fsp3) is 0.900. The molecule has 2 aliphatic rings. The van der Waals surface area contributed by atoms with E-state index in [0.29, 0.717) is 0 Å². The van der Waals surface area contributed by atoms with E-state index in [1.165, 1.54) is 77.0 Å². The minimum absolute atomic E-state index is 0.728. The Balaban J connectivity index is 1.62. The van der Waals surface area contributed by atoms with E-state index < -0.39 is 0 Å². The maximum atomic E-state index is 12.1. The monoisotopic (exact) mass is 294 g/mol. The molecule has 0 amide bonds. The van der Waals surface area contributed by atoms with Crippen LogP contribution in [0.5, 0.6) is 0 Å². The summed E-state index contributed by atoms with van der Waals surface area (Å²) in [6, 6.07) is 0. The zero-order chi connectivity index (χ0) is 14.9. The topological polar surface area (TPSA) is 0 Å². The van der Waals surface area contributed by atoms with Crippen molar-refractivity contribution in [3.63, 3.8) is 0 Å². The highest BCUT2D eigenvalue weighted by Crippen LogP contribution is 2.42. The van der Waals surface area contributed by atoms with Crippen LogP contribution in [-0.4, -0.2) is 0 Å². The second kappa shape index (κ2) is 9.64. The van der Waals surface area contributed by atoms with Crippen molar-refractivity contribution in [2.24, 2.45) is 23.7 Å². The molecule has 1 heteroatoms. The lowest BCUT2D eigenvalue weighted by Crippen LogP contribution is -2.25. The second-order valence-corrected chi connectivity index (χ2v) is 7.65. The van der Waals surface area contributed by atoms with E-state index in [9.17, 15) is 4.39 Å². The van der Waals surface area contributed by atoms with Gasteiger partial charge in [0.25, 0.3) is 0 Å². The molecule has 0 aliphatic heterocycles. The van der Waals surface area contributed by atoms with Gasteiger partial charge < -0.3 is 0 Å². The van der Waals surface area contributed by atoms with E-state index >= 15 is 0 Å². The van der Waals surface area contributed by atoms with Crippen molar-refractivity contribution in [3.8, 4) is 0 Å². The van der Waals surface area contributed by atoms with Crippen LogP contribution >= 0.6 is 0 Å². The molecule has 2 saturated carbocycles. The summed E-state index contributed by atoms with van der Waals surface area (Å²) in [7, 11) is 0. The molecule has 0 spiro atoms. The standard InChI is InChI=1S/C20H35F/c1-2-3-4-6-17-8-12-19(13-9-17)20-14-10-18(11-15-20)7-5-16-21/h5,16-20H,2-4,6-15H2,1H3/b16-5+. The average molecular weight is 294 g/mol. The normalized spacial score (nSPS) is 34.4. The molecule has 0 atom stereocenters. The third-order valence-corrected chi connectivity index (χ3v) is 6.22. The zero-order valence-electron chi connectivity index (χ0n) is 14.0. The van der Waals surface area contributed by atoms with Gasteiger partial charge in [-0.25, -0.2) is 4.39 Å². The molecule has 21 heavy (non-hydrogen) atoms. The van der Waals surface area contributed by atoms with Gasteiger partial charge in [0.1, 0.15) is 0 Å². The third-order valence-electron chi connectivity index (χ3n) is 6.22. The molecule has 0 aromatic carbocycles. The molecule has 0 unspecified atom stereocenters. The van der Waals surface area contributed by atoms with Crippen LogP contribution in [0.4, 0.5) is 4.39 Å². The quantitative estimate of drug-likeness (QED) is 0.441. The Kier molecular flexibility index (Phi) is 7.82. The van der Waals surface area contributed by atoms with Crippen LogP contribution in [-0.2, 0) is 0 Å². The third kappa shape index (κ3) is 5.75. The smallest absolute Gasteiger partial charge is 0.0827 e. The predicted octanol–water partition coefficient (Wildman–Crippen LogP) is 7.05. The molecule has 0 aromatic heterocycles. The molecule has 0 radical (unpaired) electrons. The number of unbranched alkanes of at least 4 members (excludes halogenated alkanes) is 2. The Hall–Kier alpha value is -0.330. The SMILES string of the molecule is CCCCCC1CCC(C2CCC(C/C=C/F)CC2)CC1. The molecule has 122 valence electrons. The van der Waals surface area contributed by atoms with Crippen LogP contribution in [0.15, 0.2) is 12.4 Å². The predicted molar refractivity (Wildman–Crippen MR) is 89.9 cm³/mol. The molecule has 0 aromatic rings. The van der Waals surface area contributed by atoms with Crippen molar-refractivity contribution in [1.29, 1.82) is 0 Å². The summed E-state index contributed by atoms with van der Waals surface area (Å²) in [5, 5.41) is 0. The van der Waals surface area contributed by atoms with E-state index in [2.05, 4.69) is 6.92 Å². The fourth-order valence-electron chi connectivity index (χ4n) is 4.77. The van der Waals surface area contributed by atoms with Gasteiger partial charge in [-0.15, -0.1) is 0 Å². The first-order valence-electron chi connectivity index (χ1n) is 9.58. The van der Waals surface area contributed by atoms with E-state index in [-0.39, 0.29) is 0 Å². The van der Waals surface area contributed by atoms with E-state index in [1.807, 2.05) is 0 Å². The largest absolute Gasteiger partial charge is 0.216 e. The van der Waals surface area contributed by atoms with Gasteiger partial charge in [-0.1, -0.05) is 51.5 Å². The van der Waals surface area contributed by atoms with Crippen LogP contribution in [0, 0.1) is 23.7 Å². The molecule has 0 bridgehead atoms. The summed E-state index contributed by atoms with van der Waals surface area (Å²) in [6.45, 7) is 2.30. The zero-order valence-corrected chi connectivity index (χ0v) is 14.0. The molecule has 0 heterocycles. The Labute approximate surface area is 131 Å². The first-order valence-corrected chi connectivity index (χ1v) is 9.58. The van der Waals surface area contributed by atoms with E-state index in [1.54, 1.807) is 6.08 Å². The maximum absolute atomic E-state index is 12.1. The van der Waals surface area contributed by atoms with E-state index in [0.717, 1.165) is 36.4 Å². The van der Waals surface area contributed by atoms with Gasteiger partial charge in [0.2, 0.25) is 0 Å². The van der Waals surface area contributed by atoms with Gasteiger partial charge in [-0.05, 0) is 68.6 Å². The fourth-order valence-corrected chi connectivity index (χ4v) is 4.77. The number of allylic oxidation sites excluding steroid dienone is 1. The summed E-state index contributed by atoms with van der Waals surface area (Å²) >= 11 is 0. The lowest BCUT2D eigenvalue weighted by atomic mass is 9.68. The van der Waals surface area contributed by atoms with Crippen molar-refractivity contribution in [2.75, 3.05) is 0 Å². The minimum Gasteiger partial charge on any atom is -0.216 e. The lowest BCUT2D eigenvalue weighted by Gasteiger charge is -2.37. The van der Waals surface area contributed by atoms with Gasteiger partial charge >= 0.3 is 0 Å². The number of hydrogen-bond donors (Lipinski definition) is 0. The molecule has 2 aliphatic carbocycles. The van der Waals surface area contributed by atoms with Crippen LogP contribution in [0.3, 0.4) is 0 Å². The number of hydrogen-bond acceptors (Lipinski definition) is 0. The summed E-state index contributed by atoms with van der Waals surface area (Å²) in [4.78, 5) is 0. The molecule has 0 saturated heterocycles. The lowest BCUT2D eigenvalue weighted by molar-refractivity contribution is 0.143. The molecular weight excluding hydrogens is 259 g/mol.